The maximum atomic E-state index is 12.2. The molecule has 1 N–H and O–H groups in total. The average Bonchev–Trinajstić information content (AvgIpc) is 3.19. The van der Waals surface area contributed by atoms with Crippen LogP contribution >= 0.6 is 23.1 Å². The first kappa shape index (κ1) is 17.7. The summed E-state index contributed by atoms with van der Waals surface area (Å²) in [6, 6.07) is 12.0. The Bertz CT molecular complexity index is 857. The third kappa shape index (κ3) is 4.29. The Hall–Kier alpha value is -2.12. The van der Waals surface area contributed by atoms with Gasteiger partial charge in [0.1, 0.15) is 0 Å². The largest absolute Gasteiger partial charge is 0.349 e. The molecule has 1 amide bonds. The molecule has 0 spiro atoms. The highest BCUT2D eigenvalue weighted by molar-refractivity contribution is 7.99. The Balaban J connectivity index is 1.58. The number of thiophene rings is 1. The normalized spacial score (nSPS) is 12.1. The SMILES string of the molecule is Cc1cc(-c2nnc(SCC(=O)N[C@H](C)c3ccccc3)n2C)cs1. The van der Waals surface area contributed by atoms with Crippen molar-refractivity contribution in [3.05, 3.63) is 52.2 Å². The molecule has 1 atom stereocenters. The van der Waals surface area contributed by atoms with Crippen molar-refractivity contribution in [2.75, 3.05) is 5.75 Å². The van der Waals surface area contributed by atoms with Gasteiger partial charge in [-0.3, -0.25) is 4.79 Å². The number of aryl methyl sites for hydroxylation is 1. The van der Waals surface area contributed by atoms with Crippen LogP contribution in [0.5, 0.6) is 0 Å². The third-order valence-corrected chi connectivity index (χ3v) is 5.71. The molecule has 0 aliphatic heterocycles. The van der Waals surface area contributed by atoms with E-state index in [4.69, 9.17) is 0 Å². The smallest absolute Gasteiger partial charge is 0.230 e. The summed E-state index contributed by atoms with van der Waals surface area (Å²) in [7, 11) is 1.93. The lowest BCUT2D eigenvalue weighted by Crippen LogP contribution is -2.28. The summed E-state index contributed by atoms with van der Waals surface area (Å²) in [6.07, 6.45) is 0. The molecule has 0 aliphatic carbocycles. The fourth-order valence-electron chi connectivity index (χ4n) is 2.49. The zero-order chi connectivity index (χ0) is 17.8. The van der Waals surface area contributed by atoms with Gasteiger partial charge in [-0.15, -0.1) is 21.5 Å². The van der Waals surface area contributed by atoms with E-state index in [9.17, 15) is 4.79 Å². The van der Waals surface area contributed by atoms with E-state index in [2.05, 4.69) is 33.9 Å². The van der Waals surface area contributed by atoms with E-state index in [0.717, 1.165) is 22.1 Å². The number of amides is 1. The standard InChI is InChI=1S/C18H20N4OS2/c1-12-9-15(10-24-12)17-20-21-18(22(17)3)25-11-16(23)19-13(2)14-7-5-4-6-8-14/h4-10,13H,11H2,1-3H3,(H,19,23)/t13-/m1/s1. The van der Waals surface area contributed by atoms with Gasteiger partial charge < -0.3 is 9.88 Å². The molecule has 0 radical (unpaired) electrons. The number of benzene rings is 1. The van der Waals surface area contributed by atoms with Gasteiger partial charge in [0.05, 0.1) is 11.8 Å². The van der Waals surface area contributed by atoms with Crippen LogP contribution < -0.4 is 5.32 Å². The Morgan fingerprint density at radius 1 is 1.32 bits per heavy atom. The van der Waals surface area contributed by atoms with Crippen LogP contribution in [-0.4, -0.2) is 26.4 Å². The number of aromatic nitrogens is 3. The maximum Gasteiger partial charge on any atom is 0.230 e. The molecule has 3 rings (SSSR count). The number of nitrogens with zero attached hydrogens (tertiary/aromatic N) is 3. The second kappa shape index (κ2) is 7.84. The second-order valence-corrected chi connectivity index (χ2v) is 7.86. The summed E-state index contributed by atoms with van der Waals surface area (Å²) in [4.78, 5) is 13.4. The van der Waals surface area contributed by atoms with Crippen molar-refractivity contribution in [1.82, 2.24) is 20.1 Å². The van der Waals surface area contributed by atoms with E-state index in [1.165, 1.54) is 16.6 Å². The monoisotopic (exact) mass is 372 g/mol. The number of hydrogen-bond donors (Lipinski definition) is 1. The van der Waals surface area contributed by atoms with Gasteiger partial charge in [-0.25, -0.2) is 0 Å². The van der Waals surface area contributed by atoms with Gasteiger partial charge in [0.25, 0.3) is 0 Å². The van der Waals surface area contributed by atoms with Crippen molar-refractivity contribution in [2.45, 2.75) is 25.0 Å². The van der Waals surface area contributed by atoms with Gasteiger partial charge in [0.15, 0.2) is 11.0 Å². The number of hydrogen-bond acceptors (Lipinski definition) is 5. The molecule has 3 aromatic rings. The Kier molecular flexibility index (Phi) is 5.55. The van der Waals surface area contributed by atoms with Gasteiger partial charge in [0.2, 0.25) is 5.91 Å². The van der Waals surface area contributed by atoms with E-state index >= 15 is 0 Å². The van der Waals surface area contributed by atoms with E-state index in [1.807, 2.05) is 48.9 Å². The highest BCUT2D eigenvalue weighted by Crippen LogP contribution is 2.26. The Morgan fingerprint density at radius 3 is 2.76 bits per heavy atom. The molecule has 0 fully saturated rings. The molecular formula is C18H20N4OS2. The Morgan fingerprint density at radius 2 is 2.08 bits per heavy atom. The van der Waals surface area contributed by atoms with Crippen molar-refractivity contribution in [1.29, 1.82) is 0 Å². The number of rotatable bonds is 6. The first-order valence-electron chi connectivity index (χ1n) is 7.96. The van der Waals surface area contributed by atoms with E-state index in [0.29, 0.717) is 5.75 Å². The summed E-state index contributed by atoms with van der Waals surface area (Å²) < 4.78 is 1.93. The molecule has 1 aromatic carbocycles. The topological polar surface area (TPSA) is 59.8 Å². The number of nitrogens with one attached hydrogen (secondary N) is 1. The molecule has 0 saturated heterocycles. The van der Waals surface area contributed by atoms with Crippen LogP contribution in [0.1, 0.15) is 23.4 Å². The summed E-state index contributed by atoms with van der Waals surface area (Å²) in [5.74, 6) is 1.12. The number of thioether (sulfide) groups is 1. The van der Waals surface area contributed by atoms with Gasteiger partial charge >= 0.3 is 0 Å². The summed E-state index contributed by atoms with van der Waals surface area (Å²) >= 11 is 3.08. The fourth-order valence-corrected chi connectivity index (χ4v) is 3.89. The lowest BCUT2D eigenvalue weighted by atomic mass is 10.1. The minimum atomic E-state index is -0.0164. The molecule has 25 heavy (non-hydrogen) atoms. The summed E-state index contributed by atoms with van der Waals surface area (Å²) in [5.41, 5.74) is 2.15. The van der Waals surface area contributed by atoms with Gasteiger partial charge in [-0.2, -0.15) is 0 Å². The van der Waals surface area contributed by atoms with Crippen molar-refractivity contribution < 1.29 is 4.79 Å². The molecule has 0 saturated carbocycles. The van der Waals surface area contributed by atoms with E-state index in [1.54, 1.807) is 11.3 Å². The minimum Gasteiger partial charge on any atom is -0.349 e. The van der Waals surface area contributed by atoms with Crippen LogP contribution in [0, 0.1) is 6.92 Å². The first-order chi connectivity index (χ1) is 12.0. The number of carbonyl (C=O) groups is 1. The van der Waals surface area contributed by atoms with Crippen LogP contribution in [0.3, 0.4) is 0 Å². The maximum absolute atomic E-state index is 12.2. The quantitative estimate of drug-likeness (QED) is 0.668. The average molecular weight is 373 g/mol. The van der Waals surface area contributed by atoms with E-state index in [-0.39, 0.29) is 11.9 Å². The van der Waals surface area contributed by atoms with Gasteiger partial charge in [-0.05, 0) is 25.5 Å². The molecule has 0 aliphatic rings. The fraction of sp³-hybridized carbons (Fsp3) is 0.278. The molecule has 2 aromatic heterocycles. The lowest BCUT2D eigenvalue weighted by Gasteiger charge is -2.13. The molecule has 7 heteroatoms. The highest BCUT2D eigenvalue weighted by atomic mass is 32.2. The molecule has 0 bridgehead atoms. The zero-order valence-corrected chi connectivity index (χ0v) is 16.0. The molecule has 0 unspecified atom stereocenters. The van der Waals surface area contributed by atoms with Crippen molar-refractivity contribution in [2.24, 2.45) is 7.05 Å². The highest BCUT2D eigenvalue weighted by Gasteiger charge is 2.15. The first-order valence-corrected chi connectivity index (χ1v) is 9.83. The molecule has 2 heterocycles. The van der Waals surface area contributed by atoms with Crippen molar-refractivity contribution in [3.8, 4) is 11.4 Å². The molecule has 130 valence electrons. The molecule has 5 nitrogen and oxygen atoms in total. The van der Waals surface area contributed by atoms with Crippen molar-refractivity contribution in [3.63, 3.8) is 0 Å². The van der Waals surface area contributed by atoms with Gasteiger partial charge in [-0.1, -0.05) is 42.1 Å². The third-order valence-electron chi connectivity index (χ3n) is 3.83. The van der Waals surface area contributed by atoms with Crippen LogP contribution in [0.4, 0.5) is 0 Å². The van der Waals surface area contributed by atoms with Crippen LogP contribution in [0.15, 0.2) is 46.9 Å². The van der Waals surface area contributed by atoms with Crippen LogP contribution in [0.2, 0.25) is 0 Å². The minimum absolute atomic E-state index is 0.0156. The summed E-state index contributed by atoms with van der Waals surface area (Å²) in [5, 5.41) is 14.3. The predicted molar refractivity (Wildman–Crippen MR) is 103 cm³/mol. The molecular weight excluding hydrogens is 352 g/mol. The van der Waals surface area contributed by atoms with Crippen molar-refractivity contribution >= 4 is 29.0 Å². The summed E-state index contributed by atoms with van der Waals surface area (Å²) in [6.45, 7) is 4.05. The zero-order valence-electron chi connectivity index (χ0n) is 14.4. The number of carbonyl (C=O) groups excluding carboxylic acids is 1. The van der Waals surface area contributed by atoms with E-state index < -0.39 is 0 Å². The Labute approximate surface area is 155 Å². The second-order valence-electron chi connectivity index (χ2n) is 5.80. The van der Waals surface area contributed by atoms with Crippen LogP contribution in [-0.2, 0) is 11.8 Å². The van der Waals surface area contributed by atoms with Crippen LogP contribution in [0.25, 0.3) is 11.4 Å². The lowest BCUT2D eigenvalue weighted by molar-refractivity contribution is -0.119. The predicted octanol–water partition coefficient (Wildman–Crippen LogP) is 3.82. The van der Waals surface area contributed by atoms with Gasteiger partial charge in [0, 0.05) is 22.9 Å².